The second-order valence-corrected chi connectivity index (χ2v) is 8.10. The largest absolute Gasteiger partial charge is 0.493 e. The van der Waals surface area contributed by atoms with Gasteiger partial charge in [-0.1, -0.05) is 23.8 Å². The Kier molecular flexibility index (Phi) is 7.44. The van der Waals surface area contributed by atoms with Gasteiger partial charge in [-0.15, -0.1) is 0 Å². The Hall–Kier alpha value is -3.51. The number of ether oxygens (including phenoxy) is 2. The molecule has 0 heterocycles. The molecule has 0 atom stereocenters. The molecule has 156 valence electrons. The predicted molar refractivity (Wildman–Crippen MR) is 118 cm³/mol. The lowest BCUT2D eigenvalue weighted by Crippen LogP contribution is -2.35. The Morgan fingerprint density at radius 1 is 1.27 bits per heavy atom. The Morgan fingerprint density at radius 2 is 2.00 bits per heavy atom. The minimum absolute atomic E-state index is 0.00373. The molecule has 1 amide bonds. The van der Waals surface area contributed by atoms with Gasteiger partial charge in [0.05, 0.1) is 19.2 Å². The third-order valence-electron chi connectivity index (χ3n) is 4.25. The average Bonchev–Trinajstić information content (AvgIpc) is 2.67. The average molecular weight is 405 g/mol. The smallest absolute Gasteiger partial charge is 0.410 e. The molecule has 0 bridgehead atoms. The molecule has 0 aliphatic heterocycles. The van der Waals surface area contributed by atoms with Gasteiger partial charge in [-0.3, -0.25) is 0 Å². The maximum atomic E-state index is 12.0. The summed E-state index contributed by atoms with van der Waals surface area (Å²) >= 11 is 0. The van der Waals surface area contributed by atoms with Crippen LogP contribution in [0.5, 0.6) is 5.75 Å². The molecular formula is C24H27N3O3. The lowest BCUT2D eigenvalue weighted by molar-refractivity contribution is 0.0292. The molecule has 0 unspecified atom stereocenters. The molecule has 0 spiro atoms. The molecule has 0 fully saturated rings. The number of benzene rings is 2. The third kappa shape index (κ3) is 6.53. The second kappa shape index (κ2) is 9.80. The van der Waals surface area contributed by atoms with E-state index in [9.17, 15) is 4.79 Å². The van der Waals surface area contributed by atoms with Crippen molar-refractivity contribution in [3.05, 3.63) is 58.6 Å². The summed E-state index contributed by atoms with van der Waals surface area (Å²) in [5, 5.41) is 11.1. The van der Waals surface area contributed by atoms with Crippen molar-refractivity contribution in [1.82, 2.24) is 4.90 Å². The van der Waals surface area contributed by atoms with E-state index in [1.165, 1.54) is 11.0 Å². The van der Waals surface area contributed by atoms with Gasteiger partial charge in [-0.25, -0.2) is 14.9 Å². The second-order valence-electron chi connectivity index (χ2n) is 8.10. The van der Waals surface area contributed by atoms with Crippen molar-refractivity contribution >= 4 is 22.9 Å². The predicted octanol–water partition coefficient (Wildman–Crippen LogP) is 5.57. The quantitative estimate of drug-likeness (QED) is 0.358. The molecule has 0 N–H and O–H groups in total. The highest BCUT2D eigenvalue weighted by molar-refractivity contribution is 5.88. The van der Waals surface area contributed by atoms with E-state index in [1.807, 2.05) is 58.0 Å². The highest BCUT2D eigenvalue weighted by Crippen LogP contribution is 2.29. The fourth-order valence-electron chi connectivity index (χ4n) is 2.80. The van der Waals surface area contributed by atoms with E-state index in [4.69, 9.17) is 21.3 Å². The standard InChI is InChI=1S/C24H27N3O3/c1-17-8-9-18-13-20(14-21(16-25)26-5)22(15-19(18)12-17)29-11-7-10-27(6)23(28)30-24(2,3)4/h8-9,12-15H,7,10-11H2,1-4,6H3/b21-14-. The molecule has 6 heteroatoms. The molecule has 6 nitrogen and oxygen atoms in total. The van der Waals surface area contributed by atoms with Gasteiger partial charge in [-0.05, 0) is 63.1 Å². The summed E-state index contributed by atoms with van der Waals surface area (Å²) in [5.41, 5.74) is 1.28. The maximum absolute atomic E-state index is 12.0. The Morgan fingerprint density at radius 3 is 2.63 bits per heavy atom. The number of amides is 1. The van der Waals surface area contributed by atoms with Crippen molar-refractivity contribution in [3.8, 4) is 11.8 Å². The number of rotatable bonds is 6. The lowest BCUT2D eigenvalue weighted by Gasteiger charge is -2.24. The van der Waals surface area contributed by atoms with Crippen molar-refractivity contribution in [1.29, 1.82) is 5.26 Å². The Balaban J connectivity index is 2.14. The molecule has 0 aromatic heterocycles. The topological polar surface area (TPSA) is 66.9 Å². The number of hydrogen-bond donors (Lipinski definition) is 0. The van der Waals surface area contributed by atoms with Crippen LogP contribution in [-0.4, -0.2) is 36.8 Å². The normalized spacial score (nSPS) is 11.5. The lowest BCUT2D eigenvalue weighted by atomic mass is 10.0. The Bertz CT molecular complexity index is 1020. The van der Waals surface area contributed by atoms with Crippen molar-refractivity contribution in [2.24, 2.45) is 0 Å². The van der Waals surface area contributed by atoms with Crippen molar-refractivity contribution < 1.29 is 14.3 Å². The first-order chi connectivity index (χ1) is 14.1. The van der Waals surface area contributed by atoms with Crippen LogP contribution in [0.2, 0.25) is 0 Å². The molecule has 30 heavy (non-hydrogen) atoms. The van der Waals surface area contributed by atoms with Crippen molar-refractivity contribution in [2.45, 2.75) is 39.7 Å². The van der Waals surface area contributed by atoms with E-state index in [0.29, 0.717) is 30.9 Å². The van der Waals surface area contributed by atoms with Crippen molar-refractivity contribution in [3.63, 3.8) is 0 Å². The molecule has 2 aromatic rings. The monoisotopic (exact) mass is 405 g/mol. The van der Waals surface area contributed by atoms with Gasteiger partial charge in [0.2, 0.25) is 0 Å². The van der Waals surface area contributed by atoms with Gasteiger partial charge < -0.3 is 14.4 Å². The number of carbonyl (C=O) groups excluding carboxylic acids is 1. The number of allylic oxidation sites excluding steroid dienone is 1. The summed E-state index contributed by atoms with van der Waals surface area (Å²) in [4.78, 5) is 16.8. The summed E-state index contributed by atoms with van der Waals surface area (Å²) in [5.74, 6) is 0.601. The number of nitriles is 1. The summed E-state index contributed by atoms with van der Waals surface area (Å²) in [7, 11) is 1.69. The molecule has 2 rings (SSSR count). The first kappa shape index (κ1) is 22.8. The van der Waals surface area contributed by atoms with Crippen LogP contribution in [0.3, 0.4) is 0 Å². The summed E-state index contributed by atoms with van der Waals surface area (Å²) in [6.07, 6.45) is 1.77. The van der Waals surface area contributed by atoms with Crippen LogP contribution in [-0.2, 0) is 4.74 Å². The summed E-state index contributed by atoms with van der Waals surface area (Å²) in [6, 6.07) is 11.8. The zero-order valence-corrected chi connectivity index (χ0v) is 18.2. The highest BCUT2D eigenvalue weighted by atomic mass is 16.6. The molecule has 2 aromatic carbocycles. The van der Waals surface area contributed by atoms with Gasteiger partial charge in [0.1, 0.15) is 11.4 Å². The fraction of sp³-hybridized carbons (Fsp3) is 0.375. The zero-order valence-electron chi connectivity index (χ0n) is 18.2. The number of aryl methyl sites for hydroxylation is 1. The van der Waals surface area contributed by atoms with E-state index in [-0.39, 0.29) is 11.8 Å². The van der Waals surface area contributed by atoms with Crippen LogP contribution < -0.4 is 4.74 Å². The molecule has 0 radical (unpaired) electrons. The van der Waals surface area contributed by atoms with E-state index in [2.05, 4.69) is 10.9 Å². The minimum Gasteiger partial charge on any atom is -0.493 e. The van der Waals surface area contributed by atoms with Crippen LogP contribution >= 0.6 is 0 Å². The highest BCUT2D eigenvalue weighted by Gasteiger charge is 2.19. The van der Waals surface area contributed by atoms with E-state index < -0.39 is 5.60 Å². The van der Waals surface area contributed by atoms with E-state index in [1.54, 1.807) is 7.05 Å². The number of fused-ring (bicyclic) bond motifs is 1. The number of hydrogen-bond acceptors (Lipinski definition) is 4. The van der Waals surface area contributed by atoms with Crippen LogP contribution in [0, 0.1) is 24.8 Å². The molecule has 0 saturated heterocycles. The number of nitrogens with zero attached hydrogens (tertiary/aromatic N) is 3. The molecule has 0 aliphatic carbocycles. The van der Waals surface area contributed by atoms with Crippen LogP contribution in [0.4, 0.5) is 4.79 Å². The Labute approximate surface area is 178 Å². The van der Waals surface area contributed by atoms with Crippen LogP contribution in [0.25, 0.3) is 21.7 Å². The van der Waals surface area contributed by atoms with Gasteiger partial charge in [-0.2, -0.15) is 0 Å². The van der Waals surface area contributed by atoms with Crippen LogP contribution in [0.15, 0.2) is 36.0 Å². The summed E-state index contributed by atoms with van der Waals surface area (Å²) in [6.45, 7) is 15.5. The van der Waals surface area contributed by atoms with Gasteiger partial charge in [0.25, 0.3) is 5.70 Å². The van der Waals surface area contributed by atoms with E-state index in [0.717, 1.165) is 16.3 Å². The van der Waals surface area contributed by atoms with Gasteiger partial charge >= 0.3 is 6.09 Å². The van der Waals surface area contributed by atoms with Crippen molar-refractivity contribution in [2.75, 3.05) is 20.2 Å². The zero-order chi connectivity index (χ0) is 22.3. The van der Waals surface area contributed by atoms with Crippen LogP contribution in [0.1, 0.15) is 38.3 Å². The van der Waals surface area contributed by atoms with E-state index >= 15 is 0 Å². The molecule has 0 aliphatic rings. The fourth-order valence-corrected chi connectivity index (χ4v) is 2.80. The SMILES string of the molecule is [C-]#[N+]/C(C#N)=C\c1cc2ccc(C)cc2cc1OCCCN(C)C(=O)OC(C)(C)C. The summed E-state index contributed by atoms with van der Waals surface area (Å²) < 4.78 is 11.3. The third-order valence-corrected chi connectivity index (χ3v) is 4.25. The first-order valence-electron chi connectivity index (χ1n) is 9.73. The first-order valence-corrected chi connectivity index (χ1v) is 9.73. The number of carbonyl (C=O) groups is 1. The molecular weight excluding hydrogens is 378 g/mol. The van der Waals surface area contributed by atoms with Gasteiger partial charge in [0.15, 0.2) is 0 Å². The molecule has 0 saturated carbocycles. The van der Waals surface area contributed by atoms with Gasteiger partial charge in [0, 0.05) is 19.2 Å². The maximum Gasteiger partial charge on any atom is 0.410 e. The minimum atomic E-state index is -0.534.